The molecule has 1 aromatic carbocycles. The average molecular weight is 474 g/mol. The molecule has 0 aliphatic rings. The summed E-state index contributed by atoms with van der Waals surface area (Å²) in [7, 11) is 1.76. The number of rotatable bonds is 6. The molecule has 5 nitrogen and oxygen atoms in total. The summed E-state index contributed by atoms with van der Waals surface area (Å²) in [6.07, 6.45) is 0.0376. The number of hydrogen-bond donors (Lipinski definition) is 2. The first-order valence-electron chi connectivity index (χ1n) is 8.08. The number of nitrogens with zero attached hydrogens (tertiary/aromatic N) is 2. The molecule has 0 spiro atoms. The third kappa shape index (κ3) is 7.19. The number of nitrogens with one attached hydrogen (secondary N) is 2. The van der Waals surface area contributed by atoms with Gasteiger partial charge in [0.25, 0.3) is 0 Å². The van der Waals surface area contributed by atoms with E-state index in [0.717, 1.165) is 22.4 Å². The molecule has 0 radical (unpaired) electrons. The summed E-state index contributed by atoms with van der Waals surface area (Å²) < 4.78 is 5.89. The lowest BCUT2D eigenvalue weighted by Crippen LogP contribution is -2.41. The van der Waals surface area contributed by atoms with E-state index in [1.165, 1.54) is 10.4 Å². The molecule has 25 heavy (non-hydrogen) atoms. The van der Waals surface area contributed by atoms with Crippen molar-refractivity contribution in [1.82, 2.24) is 15.6 Å². The SMILES string of the molecule is CN=C(NCc1nc(C)c(C)s1)NCC(C)Oc1ccc(C)cc1.I. The standard InChI is InChI=1S/C18H26N4OS.HI/c1-12-6-8-16(9-7-12)23-13(2)10-20-18(19-5)21-11-17-22-14(3)15(4)24-17;/h6-9,13H,10-11H2,1-5H3,(H2,19,20,21);1H. The van der Waals surface area contributed by atoms with Gasteiger partial charge in [0.1, 0.15) is 16.9 Å². The fourth-order valence-corrected chi connectivity index (χ4v) is 3.00. The Bertz CT molecular complexity index is 665. The molecule has 1 heterocycles. The molecule has 0 bridgehead atoms. The lowest BCUT2D eigenvalue weighted by atomic mass is 10.2. The Labute approximate surface area is 171 Å². The molecular formula is C18H27IN4OS. The van der Waals surface area contributed by atoms with Crippen LogP contribution in [-0.4, -0.2) is 30.6 Å². The zero-order valence-corrected chi connectivity index (χ0v) is 18.6. The molecule has 0 amide bonds. The van der Waals surface area contributed by atoms with Gasteiger partial charge in [0.2, 0.25) is 0 Å². The van der Waals surface area contributed by atoms with Crippen LogP contribution in [0.25, 0.3) is 0 Å². The van der Waals surface area contributed by atoms with Crippen molar-refractivity contribution in [2.24, 2.45) is 4.99 Å². The highest BCUT2D eigenvalue weighted by atomic mass is 127. The maximum atomic E-state index is 5.89. The molecule has 0 aliphatic heterocycles. The molecule has 2 aromatic rings. The molecular weight excluding hydrogens is 447 g/mol. The zero-order chi connectivity index (χ0) is 17.5. The quantitative estimate of drug-likeness (QED) is 0.380. The lowest BCUT2D eigenvalue weighted by Gasteiger charge is -2.17. The first-order valence-corrected chi connectivity index (χ1v) is 8.90. The van der Waals surface area contributed by atoms with Crippen molar-refractivity contribution in [1.29, 1.82) is 0 Å². The maximum absolute atomic E-state index is 5.89. The first-order chi connectivity index (χ1) is 11.5. The Morgan fingerprint density at radius 3 is 2.44 bits per heavy atom. The Balaban J connectivity index is 0.00000312. The van der Waals surface area contributed by atoms with E-state index >= 15 is 0 Å². The number of aryl methyl sites for hydroxylation is 3. The van der Waals surface area contributed by atoms with E-state index < -0.39 is 0 Å². The summed E-state index contributed by atoms with van der Waals surface area (Å²) in [6.45, 7) is 9.57. The third-order valence-electron chi connectivity index (χ3n) is 3.62. The van der Waals surface area contributed by atoms with Crippen molar-refractivity contribution in [3.8, 4) is 5.75 Å². The lowest BCUT2D eigenvalue weighted by molar-refractivity contribution is 0.224. The predicted octanol–water partition coefficient (Wildman–Crippen LogP) is 3.82. The number of thiazole rings is 1. The van der Waals surface area contributed by atoms with Gasteiger partial charge in [-0.1, -0.05) is 17.7 Å². The largest absolute Gasteiger partial charge is 0.489 e. The van der Waals surface area contributed by atoms with E-state index in [1.54, 1.807) is 18.4 Å². The second-order valence-electron chi connectivity index (χ2n) is 5.80. The maximum Gasteiger partial charge on any atom is 0.191 e. The van der Waals surface area contributed by atoms with Crippen molar-refractivity contribution < 1.29 is 4.74 Å². The number of aromatic nitrogens is 1. The highest BCUT2D eigenvalue weighted by molar-refractivity contribution is 14.0. The summed E-state index contributed by atoms with van der Waals surface area (Å²) in [5.41, 5.74) is 2.32. The van der Waals surface area contributed by atoms with E-state index in [0.29, 0.717) is 13.1 Å². The van der Waals surface area contributed by atoms with Crippen LogP contribution < -0.4 is 15.4 Å². The molecule has 0 saturated heterocycles. The van der Waals surface area contributed by atoms with Gasteiger partial charge in [-0.15, -0.1) is 35.3 Å². The van der Waals surface area contributed by atoms with E-state index in [2.05, 4.69) is 34.5 Å². The first kappa shape index (κ1) is 21.7. The summed E-state index contributed by atoms with van der Waals surface area (Å²) in [5, 5.41) is 7.63. The normalized spacial score (nSPS) is 12.3. The Kier molecular flexibility index (Phi) is 9.20. The van der Waals surface area contributed by atoms with Crippen LogP contribution >= 0.6 is 35.3 Å². The third-order valence-corrected chi connectivity index (χ3v) is 4.69. The van der Waals surface area contributed by atoms with E-state index in [1.807, 2.05) is 38.1 Å². The highest BCUT2D eigenvalue weighted by Crippen LogP contribution is 2.16. The molecule has 7 heteroatoms. The van der Waals surface area contributed by atoms with Crippen LogP contribution in [0.4, 0.5) is 0 Å². The summed E-state index contributed by atoms with van der Waals surface area (Å²) in [4.78, 5) is 10.0. The van der Waals surface area contributed by atoms with E-state index in [-0.39, 0.29) is 30.1 Å². The Morgan fingerprint density at radius 2 is 1.88 bits per heavy atom. The van der Waals surface area contributed by atoms with Gasteiger partial charge in [0, 0.05) is 11.9 Å². The van der Waals surface area contributed by atoms with Crippen LogP contribution in [0.1, 0.15) is 28.1 Å². The van der Waals surface area contributed by atoms with Gasteiger partial charge in [0.05, 0.1) is 18.8 Å². The smallest absolute Gasteiger partial charge is 0.191 e. The fraction of sp³-hybridized carbons (Fsp3) is 0.444. The average Bonchev–Trinajstić information content (AvgIpc) is 2.88. The molecule has 0 aliphatic carbocycles. The number of ether oxygens (including phenoxy) is 1. The minimum Gasteiger partial charge on any atom is -0.489 e. The minimum atomic E-state index is 0. The molecule has 138 valence electrons. The topological polar surface area (TPSA) is 58.5 Å². The van der Waals surface area contributed by atoms with E-state index in [4.69, 9.17) is 4.74 Å². The van der Waals surface area contributed by atoms with Crippen molar-refractivity contribution in [2.75, 3.05) is 13.6 Å². The number of hydrogen-bond acceptors (Lipinski definition) is 4. The Morgan fingerprint density at radius 1 is 1.20 bits per heavy atom. The van der Waals surface area contributed by atoms with Gasteiger partial charge < -0.3 is 15.4 Å². The fourth-order valence-electron chi connectivity index (χ4n) is 2.13. The van der Waals surface area contributed by atoms with Crippen molar-refractivity contribution >= 4 is 41.3 Å². The van der Waals surface area contributed by atoms with Gasteiger partial charge in [0.15, 0.2) is 5.96 Å². The summed E-state index contributed by atoms with van der Waals surface area (Å²) in [6, 6.07) is 8.08. The van der Waals surface area contributed by atoms with Crippen LogP contribution in [0.5, 0.6) is 5.75 Å². The van der Waals surface area contributed by atoms with Crippen LogP contribution in [0, 0.1) is 20.8 Å². The zero-order valence-electron chi connectivity index (χ0n) is 15.4. The minimum absolute atomic E-state index is 0. The van der Waals surface area contributed by atoms with Crippen LogP contribution in [0.15, 0.2) is 29.3 Å². The van der Waals surface area contributed by atoms with Crippen LogP contribution in [-0.2, 0) is 6.54 Å². The molecule has 2 rings (SSSR count). The van der Waals surface area contributed by atoms with Crippen molar-refractivity contribution in [3.63, 3.8) is 0 Å². The van der Waals surface area contributed by atoms with Gasteiger partial charge in [-0.25, -0.2) is 4.98 Å². The number of halogens is 1. The second kappa shape index (κ2) is 10.6. The van der Waals surface area contributed by atoms with E-state index in [9.17, 15) is 0 Å². The monoisotopic (exact) mass is 474 g/mol. The molecule has 1 unspecified atom stereocenters. The number of guanidine groups is 1. The molecule has 1 atom stereocenters. The second-order valence-corrected chi connectivity index (χ2v) is 7.09. The summed E-state index contributed by atoms with van der Waals surface area (Å²) in [5.74, 6) is 1.63. The van der Waals surface area contributed by atoms with Gasteiger partial charge >= 0.3 is 0 Å². The number of aliphatic imine (C=N–C) groups is 1. The van der Waals surface area contributed by atoms with Crippen LogP contribution in [0.3, 0.4) is 0 Å². The van der Waals surface area contributed by atoms with Crippen molar-refractivity contribution in [2.45, 2.75) is 40.3 Å². The molecule has 1 aromatic heterocycles. The van der Waals surface area contributed by atoms with Gasteiger partial charge in [-0.2, -0.15) is 0 Å². The van der Waals surface area contributed by atoms with Crippen molar-refractivity contribution in [3.05, 3.63) is 45.4 Å². The summed E-state index contributed by atoms with van der Waals surface area (Å²) >= 11 is 1.71. The molecule has 2 N–H and O–H groups in total. The highest BCUT2D eigenvalue weighted by Gasteiger charge is 2.07. The predicted molar refractivity (Wildman–Crippen MR) is 116 cm³/mol. The molecule has 0 saturated carbocycles. The van der Waals surface area contributed by atoms with Crippen LogP contribution in [0.2, 0.25) is 0 Å². The van der Waals surface area contributed by atoms with Gasteiger partial charge in [-0.05, 0) is 39.8 Å². The number of benzene rings is 1. The molecule has 0 fully saturated rings. The Hall–Kier alpha value is -1.35. The van der Waals surface area contributed by atoms with Gasteiger partial charge in [-0.3, -0.25) is 4.99 Å².